The normalized spacial score (nSPS) is 15.7. The van der Waals surface area contributed by atoms with Crippen molar-refractivity contribution >= 4 is 0 Å². The number of hydrogen-bond donors (Lipinski definition) is 2. The number of hydrogen-bond acceptors (Lipinski definition) is 4. The summed E-state index contributed by atoms with van der Waals surface area (Å²) in [6.45, 7) is 1.40. The average Bonchev–Trinajstić information content (AvgIpc) is 2.42. The Balaban J connectivity index is 2.37. The summed E-state index contributed by atoms with van der Waals surface area (Å²) in [5.41, 5.74) is 0.934. The van der Waals surface area contributed by atoms with Crippen LogP contribution in [0.4, 0.5) is 0 Å². The van der Waals surface area contributed by atoms with Crippen LogP contribution in [0.1, 0.15) is 17.3 Å². The fourth-order valence-electron chi connectivity index (χ4n) is 1.08. The predicted octanol–water partition coefficient (Wildman–Crippen LogP) is -0.230. The molecule has 0 amide bonds. The Hall–Kier alpha value is -0.870. The summed E-state index contributed by atoms with van der Waals surface area (Å²) in [4.78, 5) is 4.03. The van der Waals surface area contributed by atoms with Crippen molar-refractivity contribution in [3.63, 3.8) is 0 Å². The van der Waals surface area contributed by atoms with Crippen LogP contribution in [0.2, 0.25) is 0 Å². The van der Waals surface area contributed by atoms with Gasteiger partial charge in [-0.15, -0.1) is 0 Å². The molecule has 1 aliphatic heterocycles. The minimum Gasteiger partial charge on any atom is -0.441 e. The summed E-state index contributed by atoms with van der Waals surface area (Å²) in [6.07, 6.45) is 0. The highest BCUT2D eigenvalue weighted by atomic mass is 16.4. The topological polar surface area (TPSA) is 58.3 Å². The Morgan fingerprint density at radius 2 is 2.50 bits per heavy atom. The molecule has 0 aromatic carbocycles. The molecule has 0 aliphatic carbocycles. The molecule has 0 unspecified atom stereocenters. The molecule has 0 atom stereocenters. The van der Waals surface area contributed by atoms with Gasteiger partial charge in [-0.3, -0.25) is 0 Å². The fraction of sp³-hybridized carbons (Fsp3) is 0.500. The van der Waals surface area contributed by atoms with Gasteiger partial charge in [-0.25, -0.2) is 4.98 Å². The lowest BCUT2D eigenvalue weighted by Crippen LogP contribution is -2.02. The molecule has 2 N–H and O–H groups in total. The highest BCUT2D eigenvalue weighted by molar-refractivity contribution is 5.13. The van der Waals surface area contributed by atoms with Gasteiger partial charge in [0.05, 0.1) is 12.2 Å². The Labute approximate surface area is 57.9 Å². The van der Waals surface area contributed by atoms with E-state index >= 15 is 0 Å². The van der Waals surface area contributed by atoms with E-state index in [9.17, 15) is 0 Å². The van der Waals surface area contributed by atoms with Crippen molar-refractivity contribution in [2.75, 3.05) is 0 Å². The molecule has 54 valence electrons. The highest BCUT2D eigenvalue weighted by Crippen LogP contribution is 2.15. The van der Waals surface area contributed by atoms with Gasteiger partial charge in [-0.2, -0.15) is 0 Å². The largest absolute Gasteiger partial charge is 0.441 e. The van der Waals surface area contributed by atoms with Gasteiger partial charge in [0.25, 0.3) is 0 Å². The Kier molecular flexibility index (Phi) is 1.22. The Morgan fingerprint density at radius 3 is 3.20 bits per heavy atom. The lowest BCUT2D eigenvalue weighted by atomic mass is 10.4. The maximum absolute atomic E-state index is 8.62. The van der Waals surface area contributed by atoms with E-state index < -0.39 is 0 Å². The maximum atomic E-state index is 8.62. The first-order chi connectivity index (χ1) is 4.90. The maximum Gasteiger partial charge on any atom is 0.220 e. The van der Waals surface area contributed by atoms with E-state index in [1.165, 1.54) is 0 Å². The van der Waals surface area contributed by atoms with E-state index in [1.54, 1.807) is 0 Å². The van der Waals surface area contributed by atoms with Crippen molar-refractivity contribution in [2.45, 2.75) is 19.7 Å². The number of aliphatic hydroxyl groups excluding tert-OH is 1. The van der Waals surface area contributed by atoms with E-state index in [2.05, 4.69) is 10.3 Å². The molecule has 1 aromatic rings. The van der Waals surface area contributed by atoms with Crippen LogP contribution < -0.4 is 5.32 Å². The molecule has 0 saturated carbocycles. The number of nitrogens with one attached hydrogen (secondary N) is 1. The molecule has 0 fully saturated rings. The van der Waals surface area contributed by atoms with Crippen LogP contribution in [0.25, 0.3) is 0 Å². The number of nitrogens with zero attached hydrogens (tertiary/aromatic N) is 1. The van der Waals surface area contributed by atoms with Gasteiger partial charge >= 0.3 is 0 Å². The molecule has 0 radical (unpaired) electrons. The van der Waals surface area contributed by atoms with Gasteiger partial charge in [0.1, 0.15) is 12.4 Å². The Morgan fingerprint density at radius 1 is 1.60 bits per heavy atom. The smallest absolute Gasteiger partial charge is 0.220 e. The number of rotatable bonds is 1. The lowest BCUT2D eigenvalue weighted by molar-refractivity contribution is 0.236. The summed E-state index contributed by atoms with van der Waals surface area (Å²) in [5, 5.41) is 11.7. The minimum atomic E-state index is -0.104. The third-order valence-electron chi connectivity index (χ3n) is 1.54. The average molecular weight is 140 g/mol. The summed E-state index contributed by atoms with van der Waals surface area (Å²) >= 11 is 0. The van der Waals surface area contributed by atoms with Crippen molar-refractivity contribution in [2.24, 2.45) is 0 Å². The van der Waals surface area contributed by atoms with E-state index in [0.29, 0.717) is 5.89 Å². The molecule has 0 bridgehead atoms. The third kappa shape index (κ3) is 0.732. The summed E-state index contributed by atoms with van der Waals surface area (Å²) in [5.74, 6) is 1.29. The van der Waals surface area contributed by atoms with Crippen molar-refractivity contribution in [3.8, 4) is 0 Å². The van der Waals surface area contributed by atoms with Crippen LogP contribution in [0.5, 0.6) is 0 Å². The molecule has 4 heteroatoms. The summed E-state index contributed by atoms with van der Waals surface area (Å²) < 4.78 is 5.15. The van der Waals surface area contributed by atoms with Crippen molar-refractivity contribution in [1.29, 1.82) is 0 Å². The van der Waals surface area contributed by atoms with Gasteiger partial charge in [0.15, 0.2) is 0 Å². The number of fused-ring (bicyclic) bond motifs is 1. The molecule has 10 heavy (non-hydrogen) atoms. The number of aromatic nitrogens is 1. The third-order valence-corrected chi connectivity index (χ3v) is 1.54. The minimum absolute atomic E-state index is 0.104. The second-order valence-corrected chi connectivity index (χ2v) is 2.24. The molecular formula is C6H8N2O2. The number of oxazole rings is 1. The molecule has 4 nitrogen and oxygen atoms in total. The van der Waals surface area contributed by atoms with E-state index in [1.807, 2.05) is 0 Å². The van der Waals surface area contributed by atoms with E-state index in [0.717, 1.165) is 24.5 Å². The van der Waals surface area contributed by atoms with Crippen LogP contribution in [0, 0.1) is 0 Å². The van der Waals surface area contributed by atoms with Crippen molar-refractivity contribution < 1.29 is 9.52 Å². The second-order valence-electron chi connectivity index (χ2n) is 2.24. The fourth-order valence-corrected chi connectivity index (χ4v) is 1.08. The van der Waals surface area contributed by atoms with Crippen molar-refractivity contribution in [1.82, 2.24) is 10.3 Å². The van der Waals surface area contributed by atoms with Crippen LogP contribution in [-0.2, 0) is 19.7 Å². The van der Waals surface area contributed by atoms with Gasteiger partial charge in [-0.1, -0.05) is 0 Å². The molecule has 1 aromatic heterocycles. The predicted molar refractivity (Wildman–Crippen MR) is 33.0 cm³/mol. The molecule has 0 saturated heterocycles. The monoisotopic (exact) mass is 140 g/mol. The van der Waals surface area contributed by atoms with Crippen molar-refractivity contribution in [3.05, 3.63) is 17.3 Å². The van der Waals surface area contributed by atoms with E-state index in [-0.39, 0.29) is 6.61 Å². The molecule has 0 spiro atoms. The molecule has 2 rings (SSSR count). The first-order valence-electron chi connectivity index (χ1n) is 3.19. The van der Waals surface area contributed by atoms with Crippen LogP contribution in [-0.4, -0.2) is 10.1 Å². The highest BCUT2D eigenvalue weighted by Gasteiger charge is 2.16. The number of aliphatic hydroxyl groups is 1. The van der Waals surface area contributed by atoms with Crippen LogP contribution in [0.3, 0.4) is 0 Å². The van der Waals surface area contributed by atoms with Gasteiger partial charge in [0.2, 0.25) is 5.89 Å². The Bertz CT molecular complexity index is 222. The molecule has 1 aliphatic rings. The quantitative estimate of drug-likeness (QED) is 0.565. The molecular weight excluding hydrogens is 132 g/mol. The van der Waals surface area contributed by atoms with Gasteiger partial charge in [-0.05, 0) is 0 Å². The van der Waals surface area contributed by atoms with E-state index in [4.69, 9.17) is 9.52 Å². The first-order valence-corrected chi connectivity index (χ1v) is 3.19. The SMILES string of the molecule is OCc1nc2c(o1)CNC2. The standard InChI is InChI=1S/C6H8N2O2/c9-3-6-8-4-1-7-2-5(4)10-6/h7,9H,1-3H2. The zero-order valence-electron chi connectivity index (χ0n) is 5.42. The van der Waals surface area contributed by atoms with Crippen LogP contribution >= 0.6 is 0 Å². The first kappa shape index (κ1) is 5.88. The zero-order chi connectivity index (χ0) is 6.97. The van der Waals surface area contributed by atoms with Gasteiger partial charge in [0, 0.05) is 6.54 Å². The summed E-state index contributed by atoms with van der Waals surface area (Å²) in [6, 6.07) is 0. The van der Waals surface area contributed by atoms with Crippen LogP contribution in [0.15, 0.2) is 4.42 Å². The van der Waals surface area contributed by atoms with Gasteiger partial charge < -0.3 is 14.8 Å². The molecule has 2 heterocycles. The lowest BCUT2D eigenvalue weighted by Gasteiger charge is -1.87. The second kappa shape index (κ2) is 2.07. The zero-order valence-corrected chi connectivity index (χ0v) is 5.42. The summed E-state index contributed by atoms with van der Waals surface area (Å²) in [7, 11) is 0.